The fraction of sp³-hybridized carbons (Fsp3) is 0. The number of anilines is 1. The lowest BCUT2D eigenvalue weighted by atomic mass is 10.1. The molecule has 0 aliphatic rings. The molecule has 2 rings (SSSR count). The van der Waals surface area contributed by atoms with Crippen LogP contribution in [0.15, 0.2) is 42.5 Å². The van der Waals surface area contributed by atoms with Crippen molar-refractivity contribution >= 4 is 29.2 Å². The fourth-order valence-corrected chi connectivity index (χ4v) is 1.75. The van der Waals surface area contributed by atoms with Crippen LogP contribution in [0, 0.1) is 5.82 Å². The van der Waals surface area contributed by atoms with Crippen LogP contribution >= 0.6 is 11.6 Å². The molecule has 1 amide bonds. The van der Waals surface area contributed by atoms with E-state index in [4.69, 9.17) is 16.7 Å². The Morgan fingerprint density at radius 3 is 2.50 bits per heavy atom. The van der Waals surface area contributed by atoms with E-state index >= 15 is 0 Å². The molecule has 0 aliphatic carbocycles. The van der Waals surface area contributed by atoms with Crippen molar-refractivity contribution in [2.45, 2.75) is 0 Å². The first-order chi connectivity index (χ1) is 9.49. The van der Waals surface area contributed by atoms with Crippen LogP contribution in [0.2, 0.25) is 5.02 Å². The Kier molecular flexibility index (Phi) is 4.00. The van der Waals surface area contributed by atoms with Gasteiger partial charge in [-0.1, -0.05) is 23.7 Å². The van der Waals surface area contributed by atoms with Crippen LogP contribution in [0.1, 0.15) is 20.7 Å². The molecule has 0 fully saturated rings. The molecular formula is C14H9ClFNO3. The number of hydrogen-bond donors (Lipinski definition) is 2. The van der Waals surface area contributed by atoms with E-state index in [1.54, 1.807) is 0 Å². The van der Waals surface area contributed by atoms with E-state index in [1.165, 1.54) is 36.4 Å². The molecule has 2 aromatic carbocycles. The van der Waals surface area contributed by atoms with Crippen molar-refractivity contribution in [1.82, 2.24) is 0 Å². The third-order valence-electron chi connectivity index (χ3n) is 2.58. The monoisotopic (exact) mass is 293 g/mol. The minimum Gasteiger partial charge on any atom is -0.478 e. The number of halogens is 2. The van der Waals surface area contributed by atoms with Gasteiger partial charge in [0.1, 0.15) is 5.82 Å². The van der Waals surface area contributed by atoms with E-state index in [9.17, 15) is 14.0 Å². The Hall–Kier alpha value is -2.40. The Morgan fingerprint density at radius 2 is 1.85 bits per heavy atom. The van der Waals surface area contributed by atoms with Gasteiger partial charge >= 0.3 is 5.97 Å². The summed E-state index contributed by atoms with van der Waals surface area (Å²) >= 11 is 5.87. The number of benzene rings is 2. The minimum absolute atomic E-state index is 0.0294. The maximum atomic E-state index is 13.5. The van der Waals surface area contributed by atoms with Gasteiger partial charge in [0.2, 0.25) is 0 Å². The van der Waals surface area contributed by atoms with Gasteiger partial charge in [-0.15, -0.1) is 0 Å². The highest BCUT2D eigenvalue weighted by molar-refractivity contribution is 6.34. The zero-order valence-electron chi connectivity index (χ0n) is 10.1. The largest absolute Gasteiger partial charge is 0.478 e. The predicted octanol–water partition coefficient (Wildman–Crippen LogP) is 3.43. The van der Waals surface area contributed by atoms with E-state index in [1.807, 2.05) is 0 Å². The average molecular weight is 294 g/mol. The topological polar surface area (TPSA) is 66.4 Å². The molecular weight excluding hydrogens is 285 g/mol. The fourth-order valence-electron chi connectivity index (χ4n) is 1.59. The maximum Gasteiger partial charge on any atom is 0.335 e. The quantitative estimate of drug-likeness (QED) is 0.911. The lowest BCUT2D eigenvalue weighted by Crippen LogP contribution is -2.14. The lowest BCUT2D eigenvalue weighted by molar-refractivity contribution is 0.0696. The van der Waals surface area contributed by atoms with Crippen molar-refractivity contribution in [3.63, 3.8) is 0 Å². The lowest BCUT2D eigenvalue weighted by Gasteiger charge is -2.08. The van der Waals surface area contributed by atoms with Crippen LogP contribution in [0.5, 0.6) is 0 Å². The molecule has 0 radical (unpaired) electrons. The third-order valence-corrected chi connectivity index (χ3v) is 2.91. The number of carbonyl (C=O) groups excluding carboxylic acids is 1. The molecule has 102 valence electrons. The van der Waals surface area contributed by atoms with Gasteiger partial charge in [-0.3, -0.25) is 4.79 Å². The summed E-state index contributed by atoms with van der Waals surface area (Å²) in [7, 11) is 0. The van der Waals surface area contributed by atoms with Gasteiger partial charge < -0.3 is 10.4 Å². The number of nitrogens with one attached hydrogen (secondary N) is 1. The van der Waals surface area contributed by atoms with Crippen molar-refractivity contribution in [2.24, 2.45) is 0 Å². The van der Waals surface area contributed by atoms with Crippen LogP contribution in [-0.2, 0) is 0 Å². The van der Waals surface area contributed by atoms with Crippen LogP contribution in [-0.4, -0.2) is 17.0 Å². The van der Waals surface area contributed by atoms with Gasteiger partial charge in [0.05, 0.1) is 21.8 Å². The molecule has 2 aromatic rings. The molecule has 0 bridgehead atoms. The average Bonchev–Trinajstić information content (AvgIpc) is 2.41. The number of carboxylic acid groups (broad SMARTS) is 1. The van der Waals surface area contributed by atoms with E-state index in [2.05, 4.69) is 5.32 Å². The van der Waals surface area contributed by atoms with Crippen molar-refractivity contribution in [2.75, 3.05) is 5.32 Å². The summed E-state index contributed by atoms with van der Waals surface area (Å²) in [6.45, 7) is 0. The van der Waals surface area contributed by atoms with Crippen LogP contribution in [0.3, 0.4) is 0 Å². The van der Waals surface area contributed by atoms with E-state index in [0.29, 0.717) is 0 Å². The summed E-state index contributed by atoms with van der Waals surface area (Å²) in [5.74, 6) is -2.52. The van der Waals surface area contributed by atoms with Crippen LogP contribution < -0.4 is 5.32 Å². The molecule has 20 heavy (non-hydrogen) atoms. The summed E-state index contributed by atoms with van der Waals surface area (Å²) < 4.78 is 13.5. The molecule has 2 N–H and O–H groups in total. The molecule has 0 atom stereocenters. The van der Waals surface area contributed by atoms with E-state index in [0.717, 1.165) is 6.07 Å². The number of amides is 1. The van der Waals surface area contributed by atoms with Crippen molar-refractivity contribution < 1.29 is 19.1 Å². The number of carbonyl (C=O) groups is 2. The first-order valence-corrected chi connectivity index (χ1v) is 5.95. The van der Waals surface area contributed by atoms with Crippen LogP contribution in [0.4, 0.5) is 10.1 Å². The minimum atomic E-state index is -1.15. The highest BCUT2D eigenvalue weighted by atomic mass is 35.5. The molecule has 0 saturated carbocycles. The second-order valence-corrected chi connectivity index (χ2v) is 4.34. The predicted molar refractivity (Wildman–Crippen MR) is 72.8 cm³/mol. The van der Waals surface area contributed by atoms with Gasteiger partial charge in [0, 0.05) is 0 Å². The first-order valence-electron chi connectivity index (χ1n) is 5.58. The summed E-state index contributed by atoms with van der Waals surface area (Å²) in [6.07, 6.45) is 0. The van der Waals surface area contributed by atoms with Crippen molar-refractivity contribution in [3.05, 3.63) is 64.4 Å². The highest BCUT2D eigenvalue weighted by Crippen LogP contribution is 2.24. The zero-order valence-corrected chi connectivity index (χ0v) is 10.8. The normalized spacial score (nSPS) is 10.1. The Balaban J connectivity index is 2.30. The molecule has 4 nitrogen and oxygen atoms in total. The number of carboxylic acids is 1. The second-order valence-electron chi connectivity index (χ2n) is 3.93. The Morgan fingerprint density at radius 1 is 1.15 bits per heavy atom. The second kappa shape index (κ2) is 5.71. The number of aromatic carboxylic acids is 1. The zero-order chi connectivity index (χ0) is 14.7. The number of rotatable bonds is 3. The van der Waals surface area contributed by atoms with Crippen molar-refractivity contribution in [3.8, 4) is 0 Å². The molecule has 0 unspecified atom stereocenters. The smallest absolute Gasteiger partial charge is 0.335 e. The molecule has 0 aliphatic heterocycles. The van der Waals surface area contributed by atoms with Crippen molar-refractivity contribution in [1.29, 1.82) is 0 Å². The molecule has 6 heteroatoms. The summed E-state index contributed by atoms with van der Waals surface area (Å²) in [6, 6.07) is 9.33. The first kappa shape index (κ1) is 14.0. The molecule has 0 aromatic heterocycles. The number of hydrogen-bond acceptors (Lipinski definition) is 2. The summed E-state index contributed by atoms with van der Waals surface area (Å²) in [5, 5.41) is 11.4. The van der Waals surface area contributed by atoms with Gasteiger partial charge in [-0.25, -0.2) is 9.18 Å². The van der Waals surface area contributed by atoms with Gasteiger partial charge in [-0.05, 0) is 30.3 Å². The van der Waals surface area contributed by atoms with E-state index < -0.39 is 17.7 Å². The summed E-state index contributed by atoms with van der Waals surface area (Å²) in [4.78, 5) is 22.8. The standard InChI is InChI=1S/C14H9ClFNO3/c15-10-6-5-8(14(19)20)7-12(10)17-13(18)9-3-1-2-4-11(9)16/h1-7H,(H,17,18)(H,19,20). The highest BCUT2D eigenvalue weighted by Gasteiger charge is 2.14. The maximum absolute atomic E-state index is 13.5. The SMILES string of the molecule is O=C(O)c1ccc(Cl)c(NC(=O)c2ccccc2F)c1. The molecule has 0 spiro atoms. The van der Waals surface area contributed by atoms with Gasteiger partial charge in [0.15, 0.2) is 0 Å². The third kappa shape index (κ3) is 2.95. The Bertz CT molecular complexity index is 688. The van der Waals surface area contributed by atoms with E-state index in [-0.39, 0.29) is 21.8 Å². The Labute approximate surface area is 118 Å². The van der Waals surface area contributed by atoms with Gasteiger partial charge in [-0.2, -0.15) is 0 Å². The summed E-state index contributed by atoms with van der Waals surface area (Å²) in [5.41, 5.74) is -0.0673. The van der Waals surface area contributed by atoms with Crippen LogP contribution in [0.25, 0.3) is 0 Å². The molecule has 0 saturated heterocycles. The van der Waals surface area contributed by atoms with Gasteiger partial charge in [0.25, 0.3) is 5.91 Å². The molecule has 0 heterocycles.